The molecular formula is C19H24FN. The van der Waals surface area contributed by atoms with Crippen molar-refractivity contribution in [3.8, 4) is 0 Å². The second-order valence-corrected chi connectivity index (χ2v) is 6.74. The van der Waals surface area contributed by atoms with Crippen LogP contribution in [0.3, 0.4) is 0 Å². The molecule has 0 bridgehead atoms. The minimum Gasteiger partial charge on any atom is -0.327 e. The van der Waals surface area contributed by atoms with Crippen molar-refractivity contribution in [2.24, 2.45) is 5.73 Å². The predicted molar refractivity (Wildman–Crippen MR) is 86.9 cm³/mol. The molecule has 0 aliphatic rings. The van der Waals surface area contributed by atoms with Gasteiger partial charge in [0, 0.05) is 6.04 Å². The summed E-state index contributed by atoms with van der Waals surface area (Å²) >= 11 is 0. The van der Waals surface area contributed by atoms with Gasteiger partial charge in [0.1, 0.15) is 5.82 Å². The van der Waals surface area contributed by atoms with Gasteiger partial charge in [0.25, 0.3) is 0 Å². The molecule has 0 aliphatic carbocycles. The van der Waals surface area contributed by atoms with Crippen LogP contribution in [0.25, 0.3) is 0 Å². The molecule has 0 saturated heterocycles. The highest BCUT2D eigenvalue weighted by atomic mass is 19.1. The van der Waals surface area contributed by atoms with E-state index in [1.807, 2.05) is 0 Å². The van der Waals surface area contributed by atoms with Gasteiger partial charge in [-0.15, -0.1) is 0 Å². The van der Waals surface area contributed by atoms with Gasteiger partial charge >= 0.3 is 0 Å². The fraction of sp³-hybridized carbons (Fsp3) is 0.368. The van der Waals surface area contributed by atoms with Crippen LogP contribution in [-0.4, -0.2) is 6.04 Å². The monoisotopic (exact) mass is 285 g/mol. The summed E-state index contributed by atoms with van der Waals surface area (Å²) in [5.74, 6) is -0.204. The molecule has 2 N–H and O–H groups in total. The van der Waals surface area contributed by atoms with E-state index in [0.29, 0.717) is 0 Å². The van der Waals surface area contributed by atoms with Crippen molar-refractivity contribution in [3.05, 3.63) is 71.0 Å². The average Bonchev–Trinajstić information content (AvgIpc) is 2.41. The molecule has 1 nitrogen and oxygen atoms in total. The molecule has 0 fully saturated rings. The Kier molecular flexibility index (Phi) is 4.79. The quantitative estimate of drug-likeness (QED) is 0.893. The number of benzene rings is 2. The van der Waals surface area contributed by atoms with Crippen LogP contribution in [0.2, 0.25) is 0 Å². The van der Waals surface area contributed by atoms with E-state index in [1.54, 1.807) is 12.1 Å². The molecule has 0 aliphatic heterocycles. The fourth-order valence-electron chi connectivity index (χ4n) is 2.44. The summed E-state index contributed by atoms with van der Waals surface area (Å²) in [4.78, 5) is 0. The highest BCUT2D eigenvalue weighted by Gasteiger charge is 2.13. The van der Waals surface area contributed by atoms with Gasteiger partial charge in [-0.2, -0.15) is 0 Å². The molecule has 0 aromatic heterocycles. The van der Waals surface area contributed by atoms with Gasteiger partial charge in [0.2, 0.25) is 0 Å². The van der Waals surface area contributed by atoms with Gasteiger partial charge < -0.3 is 5.73 Å². The van der Waals surface area contributed by atoms with Gasteiger partial charge in [-0.25, -0.2) is 4.39 Å². The molecule has 21 heavy (non-hydrogen) atoms. The summed E-state index contributed by atoms with van der Waals surface area (Å²) in [7, 11) is 0. The summed E-state index contributed by atoms with van der Waals surface area (Å²) < 4.78 is 12.9. The molecule has 0 saturated carbocycles. The van der Waals surface area contributed by atoms with E-state index in [9.17, 15) is 4.39 Å². The van der Waals surface area contributed by atoms with Crippen LogP contribution in [0.4, 0.5) is 4.39 Å². The first-order chi connectivity index (χ1) is 9.84. The normalized spacial score (nSPS) is 13.2. The summed E-state index contributed by atoms with van der Waals surface area (Å²) in [6.45, 7) is 6.63. The standard InChI is InChI=1S/C19H24FN/c1-19(2,3)16-8-4-14(5-9-16)12-18(21)13-15-6-10-17(20)11-7-15/h4-11,18H,12-13,21H2,1-3H3. The lowest BCUT2D eigenvalue weighted by atomic mass is 9.86. The number of halogens is 1. The Bertz CT molecular complexity index is 564. The summed E-state index contributed by atoms with van der Waals surface area (Å²) in [5, 5.41) is 0. The zero-order chi connectivity index (χ0) is 15.5. The maximum absolute atomic E-state index is 12.9. The Morgan fingerprint density at radius 2 is 1.29 bits per heavy atom. The van der Waals surface area contributed by atoms with Gasteiger partial charge in [-0.3, -0.25) is 0 Å². The highest BCUT2D eigenvalue weighted by Crippen LogP contribution is 2.22. The lowest BCUT2D eigenvalue weighted by molar-refractivity contribution is 0.589. The molecule has 0 radical (unpaired) electrons. The first-order valence-electron chi connectivity index (χ1n) is 7.44. The Hall–Kier alpha value is -1.67. The minimum absolute atomic E-state index is 0.0518. The molecule has 1 atom stereocenters. The first kappa shape index (κ1) is 15.7. The zero-order valence-electron chi connectivity index (χ0n) is 13.1. The third-order valence-corrected chi connectivity index (χ3v) is 3.73. The summed E-state index contributed by atoms with van der Waals surface area (Å²) in [5.41, 5.74) is 10.0. The Morgan fingerprint density at radius 1 is 0.857 bits per heavy atom. The number of nitrogens with two attached hydrogens (primary N) is 1. The molecular weight excluding hydrogens is 261 g/mol. The van der Waals surface area contributed by atoms with Crippen molar-refractivity contribution in [2.75, 3.05) is 0 Å². The summed E-state index contributed by atoms with van der Waals surface area (Å²) in [6, 6.07) is 15.3. The van der Waals surface area contributed by atoms with Crippen LogP contribution in [0.1, 0.15) is 37.5 Å². The van der Waals surface area contributed by atoms with Crippen molar-refractivity contribution in [3.63, 3.8) is 0 Å². The molecule has 2 aromatic carbocycles. The van der Waals surface area contributed by atoms with E-state index in [1.165, 1.54) is 23.3 Å². The lowest BCUT2D eigenvalue weighted by Crippen LogP contribution is -2.25. The molecule has 0 heterocycles. The van der Waals surface area contributed by atoms with E-state index in [2.05, 4.69) is 45.0 Å². The average molecular weight is 285 g/mol. The fourth-order valence-corrected chi connectivity index (χ4v) is 2.44. The van der Waals surface area contributed by atoms with E-state index in [-0.39, 0.29) is 17.3 Å². The van der Waals surface area contributed by atoms with Crippen molar-refractivity contribution in [2.45, 2.75) is 45.1 Å². The van der Waals surface area contributed by atoms with Gasteiger partial charge in [0.15, 0.2) is 0 Å². The smallest absolute Gasteiger partial charge is 0.123 e. The molecule has 2 rings (SSSR count). The van der Waals surface area contributed by atoms with Crippen LogP contribution in [0.15, 0.2) is 48.5 Å². The first-order valence-corrected chi connectivity index (χ1v) is 7.44. The molecule has 1 unspecified atom stereocenters. The molecule has 2 aromatic rings. The van der Waals surface area contributed by atoms with E-state index >= 15 is 0 Å². The van der Waals surface area contributed by atoms with Gasteiger partial charge in [-0.05, 0) is 47.1 Å². The van der Waals surface area contributed by atoms with Gasteiger partial charge in [0.05, 0.1) is 0 Å². The topological polar surface area (TPSA) is 26.0 Å². The minimum atomic E-state index is -0.204. The third kappa shape index (κ3) is 4.68. The number of hydrogen-bond acceptors (Lipinski definition) is 1. The lowest BCUT2D eigenvalue weighted by Gasteiger charge is -2.19. The van der Waals surface area contributed by atoms with Crippen LogP contribution >= 0.6 is 0 Å². The maximum Gasteiger partial charge on any atom is 0.123 e. The van der Waals surface area contributed by atoms with Crippen LogP contribution in [0.5, 0.6) is 0 Å². The Labute approximate surface area is 127 Å². The molecule has 2 heteroatoms. The maximum atomic E-state index is 12.9. The third-order valence-electron chi connectivity index (χ3n) is 3.73. The van der Waals surface area contributed by atoms with Crippen LogP contribution < -0.4 is 5.73 Å². The summed E-state index contributed by atoms with van der Waals surface area (Å²) in [6.07, 6.45) is 1.60. The zero-order valence-corrected chi connectivity index (χ0v) is 13.1. The highest BCUT2D eigenvalue weighted by molar-refractivity contribution is 5.28. The van der Waals surface area contributed by atoms with E-state index < -0.39 is 0 Å². The second kappa shape index (κ2) is 6.40. The van der Waals surface area contributed by atoms with Crippen molar-refractivity contribution < 1.29 is 4.39 Å². The SMILES string of the molecule is CC(C)(C)c1ccc(CC(N)Cc2ccc(F)cc2)cc1. The van der Waals surface area contributed by atoms with Crippen molar-refractivity contribution in [1.82, 2.24) is 0 Å². The molecule has 0 amide bonds. The Morgan fingerprint density at radius 3 is 1.71 bits per heavy atom. The number of hydrogen-bond donors (Lipinski definition) is 1. The molecule has 0 spiro atoms. The van der Waals surface area contributed by atoms with Crippen molar-refractivity contribution in [1.29, 1.82) is 0 Å². The number of rotatable bonds is 4. The van der Waals surface area contributed by atoms with E-state index in [4.69, 9.17) is 5.73 Å². The second-order valence-electron chi connectivity index (χ2n) is 6.74. The largest absolute Gasteiger partial charge is 0.327 e. The van der Waals surface area contributed by atoms with Crippen molar-refractivity contribution >= 4 is 0 Å². The van der Waals surface area contributed by atoms with Crippen LogP contribution in [-0.2, 0) is 18.3 Å². The predicted octanol–water partition coefficient (Wildman–Crippen LogP) is 4.24. The molecule has 112 valence electrons. The van der Waals surface area contributed by atoms with Crippen LogP contribution in [0, 0.1) is 5.82 Å². The van der Waals surface area contributed by atoms with E-state index in [0.717, 1.165) is 18.4 Å². The van der Waals surface area contributed by atoms with Gasteiger partial charge in [-0.1, -0.05) is 57.2 Å². The Balaban J connectivity index is 1.96.